The summed E-state index contributed by atoms with van der Waals surface area (Å²) in [4.78, 5) is 15.4. The van der Waals surface area contributed by atoms with E-state index in [0.717, 1.165) is 6.07 Å². The van der Waals surface area contributed by atoms with Gasteiger partial charge in [-0.05, 0) is 31.2 Å². The molecule has 104 valence electrons. The van der Waals surface area contributed by atoms with Gasteiger partial charge < -0.3 is 5.11 Å². The second kappa shape index (κ2) is 6.24. The third-order valence-electron chi connectivity index (χ3n) is 2.62. The molecule has 1 N–H and O–H groups in total. The second-order valence-electron chi connectivity index (χ2n) is 4.10. The van der Waals surface area contributed by atoms with Gasteiger partial charge in [-0.25, -0.2) is 9.37 Å². The van der Waals surface area contributed by atoms with Gasteiger partial charge in [-0.2, -0.15) is 0 Å². The Hall–Kier alpha value is -1.59. The van der Waals surface area contributed by atoms with Crippen LogP contribution < -0.4 is 0 Å². The molecule has 0 fully saturated rings. The van der Waals surface area contributed by atoms with Gasteiger partial charge in [0.05, 0.1) is 10.6 Å². The van der Waals surface area contributed by atoms with Crippen LogP contribution in [-0.4, -0.2) is 15.9 Å². The fourth-order valence-corrected chi connectivity index (χ4v) is 2.80. The highest BCUT2D eigenvalue weighted by Crippen LogP contribution is 2.32. The molecule has 0 saturated carbocycles. The lowest BCUT2D eigenvalue weighted by atomic mass is 10.1. The van der Waals surface area contributed by atoms with Gasteiger partial charge in [-0.3, -0.25) is 4.79 Å². The van der Waals surface area contributed by atoms with E-state index in [1.54, 1.807) is 18.3 Å². The fourth-order valence-electron chi connectivity index (χ4n) is 1.66. The number of thioether (sulfide) groups is 1. The number of Topliss-reactive ketones (excluding diaryl/α,β-unsaturated/α-hetero) is 1. The molecule has 0 aliphatic rings. The van der Waals surface area contributed by atoms with Crippen molar-refractivity contribution in [3.63, 3.8) is 0 Å². The molecule has 0 aliphatic carbocycles. The van der Waals surface area contributed by atoms with Crippen LogP contribution in [0, 0.1) is 5.82 Å². The quantitative estimate of drug-likeness (QED) is 0.683. The van der Waals surface area contributed by atoms with Crippen molar-refractivity contribution in [1.29, 1.82) is 0 Å². The summed E-state index contributed by atoms with van der Waals surface area (Å²) in [5.74, 6) is -0.876. The molecule has 0 amide bonds. The predicted octanol–water partition coefficient (Wildman–Crippen LogP) is 4.07. The molecule has 0 bridgehead atoms. The zero-order valence-corrected chi connectivity index (χ0v) is 12.1. The molecule has 0 spiro atoms. The normalized spacial score (nSPS) is 10.6. The van der Waals surface area contributed by atoms with Gasteiger partial charge in [0.15, 0.2) is 5.78 Å². The molecule has 0 aliphatic heterocycles. The Balaban J connectivity index is 2.26. The summed E-state index contributed by atoms with van der Waals surface area (Å²) in [5, 5.41) is 11.0. The van der Waals surface area contributed by atoms with Crippen LogP contribution in [0.1, 0.15) is 22.8 Å². The Bertz CT molecular complexity index is 664. The molecule has 0 atom stereocenters. The number of carbonyl (C=O) groups excluding carboxylic acids is 1. The summed E-state index contributed by atoms with van der Waals surface area (Å²) in [6.07, 6.45) is 1.60. The van der Waals surface area contributed by atoms with Gasteiger partial charge in [0.2, 0.25) is 0 Å². The topological polar surface area (TPSA) is 50.2 Å². The van der Waals surface area contributed by atoms with Gasteiger partial charge >= 0.3 is 0 Å². The van der Waals surface area contributed by atoms with Crippen molar-refractivity contribution in [2.75, 3.05) is 0 Å². The first kappa shape index (κ1) is 14.8. The number of pyridine rings is 1. The summed E-state index contributed by atoms with van der Waals surface area (Å²) < 4.78 is 13.5. The van der Waals surface area contributed by atoms with Crippen LogP contribution >= 0.6 is 23.4 Å². The highest BCUT2D eigenvalue weighted by molar-refractivity contribution is 7.98. The van der Waals surface area contributed by atoms with E-state index in [0.29, 0.717) is 15.6 Å². The summed E-state index contributed by atoms with van der Waals surface area (Å²) in [5.41, 5.74) is 0.314. The molecule has 1 aromatic heterocycles. The third-order valence-corrected chi connectivity index (χ3v) is 4.09. The second-order valence-corrected chi connectivity index (χ2v) is 5.47. The number of phenolic OH excluding ortho intramolecular Hbond substituents is 1. The van der Waals surface area contributed by atoms with Crippen molar-refractivity contribution in [2.24, 2.45) is 0 Å². The molecular formula is C14H11ClFNO2S. The van der Waals surface area contributed by atoms with Gasteiger partial charge in [-0.15, -0.1) is 11.8 Å². The minimum absolute atomic E-state index is 0.0206. The molecule has 6 heteroatoms. The van der Waals surface area contributed by atoms with Gasteiger partial charge in [0.25, 0.3) is 0 Å². The first-order chi connectivity index (χ1) is 9.49. The molecule has 0 unspecified atom stereocenters. The number of hydrogen-bond donors (Lipinski definition) is 1. The highest BCUT2D eigenvalue weighted by Gasteiger charge is 2.14. The molecule has 0 radical (unpaired) electrons. The number of carbonyl (C=O) groups is 1. The average Bonchev–Trinajstić information content (AvgIpc) is 2.40. The number of benzene rings is 1. The standard InChI is InChI=1S/C14H11ClFNO2S/c1-8(18)11-6-10(16)5-9(13(11)19)7-20-14-12(15)3-2-4-17-14/h2-6,19H,7H2,1H3. The molecule has 2 rings (SSSR count). The molecule has 0 saturated heterocycles. The van der Waals surface area contributed by atoms with E-state index in [1.807, 2.05) is 0 Å². The fraction of sp³-hybridized carbons (Fsp3) is 0.143. The van der Waals surface area contributed by atoms with E-state index in [2.05, 4.69) is 4.98 Å². The monoisotopic (exact) mass is 311 g/mol. The Labute approximate surface area is 124 Å². The number of aromatic nitrogens is 1. The van der Waals surface area contributed by atoms with Crippen molar-refractivity contribution in [3.05, 3.63) is 52.4 Å². The van der Waals surface area contributed by atoms with E-state index < -0.39 is 5.82 Å². The number of aromatic hydroxyl groups is 1. The zero-order valence-electron chi connectivity index (χ0n) is 10.6. The van der Waals surface area contributed by atoms with Crippen LogP contribution in [-0.2, 0) is 5.75 Å². The van der Waals surface area contributed by atoms with Crippen molar-refractivity contribution in [1.82, 2.24) is 4.98 Å². The van der Waals surface area contributed by atoms with Crippen LogP contribution in [0.5, 0.6) is 5.75 Å². The molecule has 20 heavy (non-hydrogen) atoms. The molecule has 2 aromatic rings. The van der Waals surface area contributed by atoms with Crippen LogP contribution in [0.3, 0.4) is 0 Å². The number of phenols is 1. The largest absolute Gasteiger partial charge is 0.507 e. The van der Waals surface area contributed by atoms with E-state index in [9.17, 15) is 14.3 Å². The van der Waals surface area contributed by atoms with Crippen molar-refractivity contribution in [3.8, 4) is 5.75 Å². The maximum atomic E-state index is 13.5. The smallest absolute Gasteiger partial charge is 0.163 e. The lowest BCUT2D eigenvalue weighted by Crippen LogP contribution is -1.97. The predicted molar refractivity (Wildman–Crippen MR) is 76.9 cm³/mol. The first-order valence-corrected chi connectivity index (χ1v) is 7.11. The summed E-state index contributed by atoms with van der Waals surface area (Å²) >= 11 is 7.23. The van der Waals surface area contributed by atoms with Crippen molar-refractivity contribution >= 4 is 29.1 Å². The number of ketones is 1. The molecule has 3 nitrogen and oxygen atoms in total. The van der Waals surface area contributed by atoms with Gasteiger partial charge in [0, 0.05) is 17.5 Å². The van der Waals surface area contributed by atoms with Crippen molar-refractivity contribution in [2.45, 2.75) is 17.7 Å². The van der Waals surface area contributed by atoms with Crippen LogP contribution in [0.4, 0.5) is 4.39 Å². The Kier molecular flexibility index (Phi) is 4.62. The Morgan fingerprint density at radius 1 is 1.50 bits per heavy atom. The highest BCUT2D eigenvalue weighted by atomic mass is 35.5. The maximum absolute atomic E-state index is 13.5. The Morgan fingerprint density at radius 2 is 2.25 bits per heavy atom. The SMILES string of the molecule is CC(=O)c1cc(F)cc(CSc2ncccc2Cl)c1O. The van der Waals surface area contributed by atoms with Crippen LogP contribution in [0.25, 0.3) is 0 Å². The summed E-state index contributed by atoms with van der Waals surface area (Å²) in [6.45, 7) is 1.28. The summed E-state index contributed by atoms with van der Waals surface area (Å²) in [6, 6.07) is 5.63. The van der Waals surface area contributed by atoms with E-state index in [4.69, 9.17) is 11.6 Å². The van der Waals surface area contributed by atoms with E-state index in [1.165, 1.54) is 24.8 Å². The Morgan fingerprint density at radius 3 is 2.90 bits per heavy atom. The number of halogens is 2. The van der Waals surface area contributed by atoms with Crippen molar-refractivity contribution < 1.29 is 14.3 Å². The summed E-state index contributed by atoms with van der Waals surface area (Å²) in [7, 11) is 0. The number of hydrogen-bond acceptors (Lipinski definition) is 4. The van der Waals surface area contributed by atoms with E-state index >= 15 is 0 Å². The number of rotatable bonds is 4. The van der Waals surface area contributed by atoms with Gasteiger partial charge in [-0.1, -0.05) is 11.6 Å². The lowest BCUT2D eigenvalue weighted by molar-refractivity contribution is 0.101. The van der Waals surface area contributed by atoms with Crippen LogP contribution in [0.2, 0.25) is 5.02 Å². The molecule has 1 heterocycles. The number of nitrogens with zero attached hydrogens (tertiary/aromatic N) is 1. The average molecular weight is 312 g/mol. The third kappa shape index (κ3) is 3.29. The van der Waals surface area contributed by atoms with Crippen LogP contribution in [0.15, 0.2) is 35.5 Å². The molecule has 1 aromatic carbocycles. The van der Waals surface area contributed by atoms with E-state index in [-0.39, 0.29) is 22.8 Å². The van der Waals surface area contributed by atoms with Gasteiger partial charge in [0.1, 0.15) is 16.6 Å². The minimum Gasteiger partial charge on any atom is -0.507 e. The molecular weight excluding hydrogens is 301 g/mol. The minimum atomic E-state index is -0.560. The zero-order chi connectivity index (χ0) is 14.7. The first-order valence-electron chi connectivity index (χ1n) is 5.74. The maximum Gasteiger partial charge on any atom is 0.163 e. The lowest BCUT2D eigenvalue weighted by Gasteiger charge is -2.08.